The normalized spacial score (nSPS) is 13.7. The maximum atomic E-state index is 11.5. The molecule has 0 saturated heterocycles. The molecule has 1 aliphatic rings. The van der Waals surface area contributed by atoms with Crippen molar-refractivity contribution in [2.45, 2.75) is 23.5 Å². The number of amides is 1. The Bertz CT molecular complexity index is 640. The van der Waals surface area contributed by atoms with E-state index in [1.807, 2.05) is 30.3 Å². The van der Waals surface area contributed by atoms with Gasteiger partial charge in [0.1, 0.15) is 0 Å². The fourth-order valence-corrected chi connectivity index (χ4v) is 3.23. The molecule has 0 atom stereocenters. The number of carbonyl (C=O) groups excluding carboxylic acids is 1. The van der Waals surface area contributed by atoms with Crippen LogP contribution in [0.2, 0.25) is 0 Å². The van der Waals surface area contributed by atoms with Gasteiger partial charge < -0.3 is 11.1 Å². The van der Waals surface area contributed by atoms with E-state index in [2.05, 4.69) is 17.4 Å². The van der Waals surface area contributed by atoms with Gasteiger partial charge in [0, 0.05) is 28.4 Å². The lowest BCUT2D eigenvalue weighted by molar-refractivity contribution is -0.116. The van der Waals surface area contributed by atoms with E-state index in [0.717, 1.165) is 34.0 Å². The molecule has 3 N–H and O–H groups in total. The number of benzene rings is 2. The summed E-state index contributed by atoms with van der Waals surface area (Å²) in [6.07, 6.45) is 1.32. The molecule has 3 rings (SSSR count). The second kappa shape index (κ2) is 5.59. The van der Waals surface area contributed by atoms with Crippen LogP contribution in [-0.4, -0.2) is 5.91 Å². The summed E-state index contributed by atoms with van der Waals surface area (Å²) in [7, 11) is 0. The van der Waals surface area contributed by atoms with Gasteiger partial charge in [0.25, 0.3) is 0 Å². The summed E-state index contributed by atoms with van der Waals surface area (Å²) in [5.41, 5.74) is 10.2. The number of nitrogens with one attached hydrogen (secondary N) is 1. The lowest BCUT2D eigenvalue weighted by Crippen LogP contribution is -2.19. The standard InChI is InChI=1S/C16H16N2OS/c17-13-8-12-6-7-16(19)18-14(12)9-15(13)20-10-11-4-2-1-3-5-11/h1-5,8-9H,6-7,10,17H2,(H,18,19). The highest BCUT2D eigenvalue weighted by molar-refractivity contribution is 7.98. The summed E-state index contributed by atoms with van der Waals surface area (Å²) >= 11 is 1.70. The van der Waals surface area contributed by atoms with Gasteiger partial charge in [-0.3, -0.25) is 4.79 Å². The van der Waals surface area contributed by atoms with Crippen LogP contribution in [0, 0.1) is 0 Å². The van der Waals surface area contributed by atoms with E-state index in [0.29, 0.717) is 6.42 Å². The molecule has 0 aromatic heterocycles. The average molecular weight is 284 g/mol. The molecule has 0 fully saturated rings. The number of hydrogen-bond acceptors (Lipinski definition) is 3. The van der Waals surface area contributed by atoms with Gasteiger partial charge in [0.15, 0.2) is 0 Å². The van der Waals surface area contributed by atoms with Gasteiger partial charge >= 0.3 is 0 Å². The van der Waals surface area contributed by atoms with Crippen molar-refractivity contribution in [1.82, 2.24) is 0 Å². The van der Waals surface area contributed by atoms with Crippen molar-refractivity contribution in [1.29, 1.82) is 0 Å². The van der Waals surface area contributed by atoms with E-state index in [4.69, 9.17) is 5.73 Å². The summed E-state index contributed by atoms with van der Waals surface area (Å²) in [4.78, 5) is 12.5. The molecule has 2 aromatic carbocycles. The number of carbonyl (C=O) groups is 1. The number of anilines is 2. The topological polar surface area (TPSA) is 55.1 Å². The van der Waals surface area contributed by atoms with E-state index < -0.39 is 0 Å². The summed E-state index contributed by atoms with van der Waals surface area (Å²) in [6, 6.07) is 14.3. The van der Waals surface area contributed by atoms with Gasteiger partial charge in [-0.2, -0.15) is 0 Å². The average Bonchev–Trinajstić information content (AvgIpc) is 2.46. The van der Waals surface area contributed by atoms with Gasteiger partial charge in [0.2, 0.25) is 5.91 Å². The molecule has 4 heteroatoms. The quantitative estimate of drug-likeness (QED) is 0.670. The van der Waals surface area contributed by atoms with Crippen LogP contribution in [-0.2, 0) is 17.0 Å². The van der Waals surface area contributed by atoms with Crippen molar-refractivity contribution < 1.29 is 4.79 Å². The van der Waals surface area contributed by atoms with Crippen molar-refractivity contribution in [2.24, 2.45) is 0 Å². The van der Waals surface area contributed by atoms with E-state index >= 15 is 0 Å². The van der Waals surface area contributed by atoms with Crippen LogP contribution in [0.5, 0.6) is 0 Å². The number of nitrogens with two attached hydrogens (primary N) is 1. The molecule has 3 nitrogen and oxygen atoms in total. The Hall–Kier alpha value is -1.94. The first kappa shape index (κ1) is 13.1. The van der Waals surface area contributed by atoms with Crippen LogP contribution in [0.15, 0.2) is 47.4 Å². The first-order valence-electron chi connectivity index (χ1n) is 6.61. The minimum absolute atomic E-state index is 0.0845. The first-order chi connectivity index (χ1) is 9.72. The minimum atomic E-state index is 0.0845. The fourth-order valence-electron chi connectivity index (χ4n) is 2.29. The zero-order chi connectivity index (χ0) is 13.9. The second-order valence-corrected chi connectivity index (χ2v) is 5.89. The third-order valence-corrected chi connectivity index (χ3v) is 4.51. The number of nitrogen functional groups attached to an aromatic ring is 1. The smallest absolute Gasteiger partial charge is 0.224 e. The summed E-state index contributed by atoms with van der Waals surface area (Å²) in [5.74, 6) is 0.957. The number of rotatable bonds is 3. The summed E-state index contributed by atoms with van der Waals surface area (Å²) in [5, 5.41) is 2.92. The zero-order valence-electron chi connectivity index (χ0n) is 11.1. The summed E-state index contributed by atoms with van der Waals surface area (Å²) in [6.45, 7) is 0. The molecule has 102 valence electrons. The number of hydrogen-bond donors (Lipinski definition) is 2. The van der Waals surface area contributed by atoms with E-state index in [1.54, 1.807) is 11.8 Å². The Morgan fingerprint density at radius 1 is 1.15 bits per heavy atom. The Kier molecular flexibility index (Phi) is 3.65. The SMILES string of the molecule is Nc1cc2c(cc1SCc1ccccc1)NC(=O)CC2. The van der Waals surface area contributed by atoms with Crippen molar-refractivity contribution >= 4 is 29.0 Å². The highest BCUT2D eigenvalue weighted by atomic mass is 32.2. The molecular formula is C16H16N2OS. The predicted octanol–water partition coefficient (Wildman–Crippen LogP) is 3.45. The molecule has 1 aliphatic heterocycles. The van der Waals surface area contributed by atoms with E-state index in [1.165, 1.54) is 5.56 Å². The maximum absolute atomic E-state index is 11.5. The third kappa shape index (κ3) is 2.80. The molecule has 0 saturated carbocycles. The molecule has 0 radical (unpaired) electrons. The van der Waals surface area contributed by atoms with Gasteiger partial charge in [-0.05, 0) is 29.7 Å². The lowest BCUT2D eigenvalue weighted by atomic mass is 10.0. The largest absolute Gasteiger partial charge is 0.398 e. The molecule has 1 amide bonds. The molecule has 0 aliphatic carbocycles. The van der Waals surface area contributed by atoms with Gasteiger partial charge in [-0.1, -0.05) is 30.3 Å². The minimum Gasteiger partial charge on any atom is -0.398 e. The molecule has 20 heavy (non-hydrogen) atoms. The van der Waals surface area contributed by atoms with E-state index in [9.17, 15) is 4.79 Å². The maximum Gasteiger partial charge on any atom is 0.224 e. The van der Waals surface area contributed by atoms with Crippen molar-refractivity contribution in [3.63, 3.8) is 0 Å². The van der Waals surface area contributed by atoms with Crippen LogP contribution < -0.4 is 11.1 Å². The Balaban J connectivity index is 1.80. The molecule has 0 unspecified atom stereocenters. The van der Waals surface area contributed by atoms with Crippen LogP contribution >= 0.6 is 11.8 Å². The monoisotopic (exact) mass is 284 g/mol. The van der Waals surface area contributed by atoms with Crippen molar-refractivity contribution in [3.8, 4) is 0 Å². The predicted molar refractivity (Wildman–Crippen MR) is 83.8 cm³/mol. The Labute approximate surface area is 122 Å². The zero-order valence-corrected chi connectivity index (χ0v) is 11.9. The third-order valence-electron chi connectivity index (χ3n) is 3.37. The van der Waals surface area contributed by atoms with Crippen LogP contribution in [0.3, 0.4) is 0 Å². The Morgan fingerprint density at radius 3 is 2.75 bits per heavy atom. The van der Waals surface area contributed by atoms with E-state index in [-0.39, 0.29) is 5.91 Å². The fraction of sp³-hybridized carbons (Fsp3) is 0.188. The molecule has 2 aromatic rings. The lowest BCUT2D eigenvalue weighted by Gasteiger charge is -2.19. The van der Waals surface area contributed by atoms with Crippen LogP contribution in [0.4, 0.5) is 11.4 Å². The molecule has 0 spiro atoms. The first-order valence-corrected chi connectivity index (χ1v) is 7.60. The van der Waals surface area contributed by atoms with Crippen LogP contribution in [0.25, 0.3) is 0 Å². The Morgan fingerprint density at radius 2 is 1.95 bits per heavy atom. The van der Waals surface area contributed by atoms with Crippen LogP contribution in [0.1, 0.15) is 17.5 Å². The molecule has 1 heterocycles. The number of fused-ring (bicyclic) bond motifs is 1. The van der Waals surface area contributed by atoms with Crippen molar-refractivity contribution in [2.75, 3.05) is 11.1 Å². The number of thioether (sulfide) groups is 1. The molecule has 0 bridgehead atoms. The highest BCUT2D eigenvalue weighted by Gasteiger charge is 2.16. The number of aryl methyl sites for hydroxylation is 1. The van der Waals surface area contributed by atoms with Gasteiger partial charge in [-0.15, -0.1) is 11.8 Å². The van der Waals surface area contributed by atoms with Crippen molar-refractivity contribution in [3.05, 3.63) is 53.6 Å². The van der Waals surface area contributed by atoms with Gasteiger partial charge in [0.05, 0.1) is 0 Å². The van der Waals surface area contributed by atoms with Gasteiger partial charge in [-0.25, -0.2) is 0 Å². The second-order valence-electron chi connectivity index (χ2n) is 4.87. The summed E-state index contributed by atoms with van der Waals surface area (Å²) < 4.78 is 0. The molecular weight excluding hydrogens is 268 g/mol. The highest BCUT2D eigenvalue weighted by Crippen LogP contribution is 2.35.